The van der Waals surface area contributed by atoms with Gasteiger partial charge >= 0.3 is 0 Å². The first kappa shape index (κ1) is 37.6. The van der Waals surface area contributed by atoms with E-state index in [2.05, 4.69) is 77.2 Å². The third kappa shape index (κ3) is 10.5. The Balaban J connectivity index is 0.989. The minimum absolute atomic E-state index is 0.220. The molecule has 0 atom stereocenters. The molecule has 0 aliphatic carbocycles. The normalized spacial score (nSPS) is 13.6. The van der Waals surface area contributed by atoms with Gasteiger partial charge in [0.25, 0.3) is 0 Å². The maximum atomic E-state index is 13.5. The lowest BCUT2D eigenvalue weighted by Crippen LogP contribution is -2.45. The zero-order valence-corrected chi connectivity index (χ0v) is 31.2. The second kappa shape index (κ2) is 18.0. The smallest absolute Gasteiger partial charge is 0.219 e. The number of carbonyl (C=O) groups excluding carboxylic acids is 1. The summed E-state index contributed by atoms with van der Waals surface area (Å²) < 4.78 is 31.3. The van der Waals surface area contributed by atoms with Crippen LogP contribution in [-0.4, -0.2) is 53.9 Å². The summed E-state index contributed by atoms with van der Waals surface area (Å²) in [4.78, 5) is 20.8. The van der Waals surface area contributed by atoms with Crippen molar-refractivity contribution in [1.82, 2.24) is 14.8 Å². The number of rotatable bonds is 15. The third-order valence-corrected chi connectivity index (χ3v) is 9.59. The van der Waals surface area contributed by atoms with E-state index in [1.165, 1.54) is 28.8 Å². The zero-order valence-electron chi connectivity index (χ0n) is 30.4. The molecule has 0 amide bonds. The van der Waals surface area contributed by atoms with E-state index in [1.807, 2.05) is 19.1 Å². The van der Waals surface area contributed by atoms with Crippen LogP contribution in [0.2, 0.25) is 5.02 Å². The van der Waals surface area contributed by atoms with E-state index < -0.39 is 0 Å². The van der Waals surface area contributed by atoms with Gasteiger partial charge < -0.3 is 19.1 Å². The van der Waals surface area contributed by atoms with Crippen LogP contribution >= 0.6 is 11.6 Å². The molecule has 4 aromatic carbocycles. The number of piperazine rings is 1. The number of aldehydes is 1. The first-order valence-corrected chi connectivity index (χ1v) is 18.4. The second-order valence-corrected chi connectivity index (χ2v) is 14.0. The average molecular weight is 734 g/mol. The molecule has 0 bridgehead atoms. The molecule has 2 heterocycles. The van der Waals surface area contributed by atoms with Crippen molar-refractivity contribution in [1.29, 1.82) is 0 Å². The van der Waals surface area contributed by atoms with E-state index in [1.54, 1.807) is 36.5 Å². The summed E-state index contributed by atoms with van der Waals surface area (Å²) in [6.45, 7) is 11.3. The Labute approximate surface area is 316 Å². The molecular weight excluding hydrogens is 689 g/mol. The van der Waals surface area contributed by atoms with Crippen LogP contribution in [0, 0.1) is 12.7 Å². The highest BCUT2D eigenvalue weighted by atomic mass is 35.5. The highest BCUT2D eigenvalue weighted by Crippen LogP contribution is 2.36. The number of hydrogen-bond donors (Lipinski definition) is 0. The maximum Gasteiger partial charge on any atom is 0.219 e. The molecule has 274 valence electrons. The van der Waals surface area contributed by atoms with Crippen LogP contribution in [0.1, 0.15) is 53.1 Å². The highest BCUT2D eigenvalue weighted by Gasteiger charge is 2.22. The van der Waals surface area contributed by atoms with Gasteiger partial charge in [0.05, 0.1) is 17.8 Å². The van der Waals surface area contributed by atoms with Crippen LogP contribution in [-0.2, 0) is 24.4 Å². The first-order valence-electron chi connectivity index (χ1n) is 18.0. The van der Waals surface area contributed by atoms with Crippen LogP contribution in [0.15, 0.2) is 109 Å². The van der Waals surface area contributed by atoms with Crippen molar-refractivity contribution >= 4 is 23.6 Å². The minimum Gasteiger partial charge on any atom is -0.493 e. The fraction of sp³-hybridized carbons (Fsp3) is 0.273. The van der Waals surface area contributed by atoms with Crippen molar-refractivity contribution in [3.8, 4) is 23.1 Å². The fourth-order valence-electron chi connectivity index (χ4n) is 6.32. The summed E-state index contributed by atoms with van der Waals surface area (Å²) in [5, 5.41) is 0.416. The Morgan fingerprint density at radius 3 is 2.26 bits per heavy atom. The molecule has 9 heteroatoms. The predicted octanol–water partition coefficient (Wildman–Crippen LogP) is 9.66. The summed E-state index contributed by atoms with van der Waals surface area (Å²) in [6, 6.07) is 30.7. The van der Waals surface area contributed by atoms with Crippen LogP contribution in [0.25, 0.3) is 5.70 Å². The largest absolute Gasteiger partial charge is 0.493 e. The Bertz CT molecular complexity index is 1970. The average Bonchev–Trinajstić information content (AvgIpc) is 3.16. The molecule has 1 aromatic heterocycles. The van der Waals surface area contributed by atoms with Crippen molar-refractivity contribution in [2.45, 2.75) is 46.3 Å². The summed E-state index contributed by atoms with van der Waals surface area (Å²) in [5.74, 6) is 2.48. The number of ether oxygens (including phenoxy) is 3. The standard InChI is InChI=1S/C44H45ClFN3O4/c1-31(2)36-11-13-39(14-12-36)51-24-18-33-7-9-34(10-8-33)29-48-19-21-49(22-20-48)42(17-23-50)37-25-32(3)44(41(45)27-37)53-43-16-15-40(28-47-43)52-30-35-5-4-6-38(46)26-35/h4-17,23,25-28,31H,18-22,24,29-30H2,1-3H3/b42-17+. The Morgan fingerprint density at radius 2 is 1.60 bits per heavy atom. The Morgan fingerprint density at radius 1 is 0.868 bits per heavy atom. The number of nitrogens with zero attached hydrogens (tertiary/aromatic N) is 3. The number of pyridine rings is 1. The van der Waals surface area contributed by atoms with Gasteiger partial charge in [-0.1, -0.05) is 74.0 Å². The van der Waals surface area contributed by atoms with Gasteiger partial charge in [-0.25, -0.2) is 9.37 Å². The number of benzene rings is 4. The van der Waals surface area contributed by atoms with Crippen LogP contribution < -0.4 is 14.2 Å². The van der Waals surface area contributed by atoms with Crippen molar-refractivity contribution in [3.63, 3.8) is 0 Å². The van der Waals surface area contributed by atoms with Gasteiger partial charge in [-0.2, -0.15) is 0 Å². The van der Waals surface area contributed by atoms with Crippen LogP contribution in [0.5, 0.6) is 23.1 Å². The zero-order chi connectivity index (χ0) is 37.2. The molecule has 0 unspecified atom stereocenters. The third-order valence-electron chi connectivity index (χ3n) is 9.31. The molecule has 0 saturated carbocycles. The lowest BCUT2D eigenvalue weighted by Gasteiger charge is -2.37. The van der Waals surface area contributed by atoms with E-state index in [0.29, 0.717) is 34.9 Å². The first-order chi connectivity index (χ1) is 25.7. The van der Waals surface area contributed by atoms with Crippen molar-refractivity contribution in [2.24, 2.45) is 0 Å². The van der Waals surface area contributed by atoms with Gasteiger partial charge in [-0.3, -0.25) is 9.69 Å². The summed E-state index contributed by atoms with van der Waals surface area (Å²) in [6.07, 6.45) is 4.84. The van der Waals surface area contributed by atoms with Gasteiger partial charge in [-0.15, -0.1) is 0 Å². The summed E-state index contributed by atoms with van der Waals surface area (Å²) in [5.41, 5.74) is 7.06. The Hall–Kier alpha value is -5.18. The number of carbonyl (C=O) groups is 1. The van der Waals surface area contributed by atoms with E-state index in [9.17, 15) is 9.18 Å². The van der Waals surface area contributed by atoms with Crippen LogP contribution in [0.3, 0.4) is 0 Å². The molecular formula is C44H45ClFN3O4. The lowest BCUT2D eigenvalue weighted by molar-refractivity contribution is -0.104. The van der Waals surface area contributed by atoms with Crippen molar-refractivity contribution in [2.75, 3.05) is 32.8 Å². The van der Waals surface area contributed by atoms with Gasteiger partial charge in [0, 0.05) is 57.0 Å². The topological polar surface area (TPSA) is 64.1 Å². The highest BCUT2D eigenvalue weighted by molar-refractivity contribution is 6.32. The van der Waals surface area contributed by atoms with Crippen LogP contribution in [0.4, 0.5) is 4.39 Å². The van der Waals surface area contributed by atoms with E-state index >= 15 is 0 Å². The number of hydrogen-bond acceptors (Lipinski definition) is 7. The molecule has 7 nitrogen and oxygen atoms in total. The SMILES string of the molecule is Cc1cc(/C(=C\C=O)N2CCN(Cc3ccc(CCOc4ccc(C(C)C)cc4)cc3)CC2)cc(Cl)c1Oc1ccc(OCc2cccc(F)c2)cn1. The summed E-state index contributed by atoms with van der Waals surface area (Å²) in [7, 11) is 0. The molecule has 5 aromatic rings. The van der Waals surface area contributed by atoms with E-state index in [0.717, 1.165) is 73.6 Å². The molecule has 1 saturated heterocycles. The number of halogens is 2. The monoisotopic (exact) mass is 733 g/mol. The Kier molecular flexibility index (Phi) is 12.8. The van der Waals surface area contributed by atoms with Gasteiger partial charge in [-0.05, 0) is 88.7 Å². The number of aromatic nitrogens is 1. The number of allylic oxidation sites excluding steroid dienone is 1. The maximum absolute atomic E-state index is 13.5. The molecule has 0 N–H and O–H groups in total. The van der Waals surface area contributed by atoms with Crippen molar-refractivity contribution in [3.05, 3.63) is 154 Å². The van der Waals surface area contributed by atoms with Gasteiger partial charge in [0.1, 0.15) is 30.2 Å². The quantitative estimate of drug-likeness (QED) is 0.0785. The molecule has 0 radical (unpaired) electrons. The molecule has 1 fully saturated rings. The van der Waals surface area contributed by atoms with Crippen molar-refractivity contribution < 1.29 is 23.4 Å². The molecule has 1 aliphatic heterocycles. The fourth-order valence-corrected chi connectivity index (χ4v) is 6.62. The summed E-state index contributed by atoms with van der Waals surface area (Å²) >= 11 is 6.77. The second-order valence-electron chi connectivity index (χ2n) is 13.5. The molecule has 6 rings (SSSR count). The van der Waals surface area contributed by atoms with Gasteiger partial charge in [0.15, 0.2) is 5.75 Å². The van der Waals surface area contributed by atoms with Gasteiger partial charge in [0.2, 0.25) is 5.88 Å². The van der Waals surface area contributed by atoms with E-state index in [4.69, 9.17) is 25.8 Å². The van der Waals surface area contributed by atoms with E-state index in [-0.39, 0.29) is 12.4 Å². The minimum atomic E-state index is -0.307. The molecule has 1 aliphatic rings. The molecule has 0 spiro atoms. The number of aryl methyl sites for hydroxylation is 1. The molecule has 53 heavy (non-hydrogen) atoms. The lowest BCUT2D eigenvalue weighted by atomic mass is 10.0. The predicted molar refractivity (Wildman–Crippen MR) is 208 cm³/mol.